The van der Waals surface area contributed by atoms with Crippen molar-refractivity contribution in [3.63, 3.8) is 0 Å². The summed E-state index contributed by atoms with van der Waals surface area (Å²) in [5, 5.41) is 3.04. The molecule has 0 aliphatic carbocycles. The topological polar surface area (TPSA) is 193 Å². The summed E-state index contributed by atoms with van der Waals surface area (Å²) in [6.45, 7) is 9.88. The molecule has 4 aliphatic heterocycles. The maximum atomic E-state index is 14.3. The second kappa shape index (κ2) is 19.9. The van der Waals surface area contributed by atoms with Crippen LogP contribution in [0.5, 0.6) is 0 Å². The van der Waals surface area contributed by atoms with Crippen molar-refractivity contribution in [2.45, 2.75) is 97.0 Å². The van der Waals surface area contributed by atoms with Gasteiger partial charge in [0.15, 0.2) is 11.7 Å². The molecule has 17 heteroatoms. The smallest absolute Gasteiger partial charge is 0.436 e. The number of carbonyl (C=O) groups excluding carboxylic acids is 5. The van der Waals surface area contributed by atoms with Crippen molar-refractivity contribution in [2.75, 3.05) is 64.3 Å². The fourth-order valence-electron chi connectivity index (χ4n) is 9.35. The van der Waals surface area contributed by atoms with Crippen molar-refractivity contribution in [3.05, 3.63) is 63.6 Å². The van der Waals surface area contributed by atoms with Gasteiger partial charge >= 0.3 is 30.0 Å². The van der Waals surface area contributed by atoms with E-state index in [1.165, 1.54) is 6.92 Å². The molecular weight excluding hydrogens is 789 g/mol. The molecule has 0 bridgehead atoms. The Labute approximate surface area is 354 Å². The van der Waals surface area contributed by atoms with Crippen LogP contribution in [0, 0.1) is 18.8 Å². The van der Waals surface area contributed by atoms with E-state index in [4.69, 9.17) is 23.4 Å². The predicted molar refractivity (Wildman–Crippen MR) is 223 cm³/mol. The molecule has 3 saturated heterocycles. The van der Waals surface area contributed by atoms with Gasteiger partial charge in [0, 0.05) is 64.3 Å². The summed E-state index contributed by atoms with van der Waals surface area (Å²) in [6, 6.07) is 11.2. The quantitative estimate of drug-likeness (QED) is 0.134. The van der Waals surface area contributed by atoms with E-state index in [0.717, 1.165) is 62.0 Å². The normalized spacial score (nSPS) is 19.4. The van der Waals surface area contributed by atoms with E-state index in [-0.39, 0.29) is 37.4 Å². The molecule has 0 saturated carbocycles. The van der Waals surface area contributed by atoms with Crippen LogP contribution >= 0.6 is 0 Å². The Bertz CT molecular complexity index is 2100. The Morgan fingerprint density at radius 1 is 0.852 bits per heavy atom. The third-order valence-electron chi connectivity index (χ3n) is 12.6. The summed E-state index contributed by atoms with van der Waals surface area (Å²) >= 11 is 0. The van der Waals surface area contributed by atoms with Gasteiger partial charge in [-0.05, 0) is 113 Å². The van der Waals surface area contributed by atoms with Crippen molar-refractivity contribution in [2.24, 2.45) is 11.8 Å². The number of oxazole rings is 1. The number of ether oxygens (including phenoxy) is 4. The van der Waals surface area contributed by atoms with E-state index in [1.54, 1.807) is 17.9 Å². The maximum absolute atomic E-state index is 14.3. The number of nitrogens with one attached hydrogen (secondary N) is 2. The number of H-pyrrole nitrogens is 1. The number of aromatic nitrogens is 1. The summed E-state index contributed by atoms with van der Waals surface area (Å²) in [7, 11) is 0. The van der Waals surface area contributed by atoms with Crippen LogP contribution in [0.25, 0.3) is 11.1 Å². The Morgan fingerprint density at radius 3 is 2.26 bits per heavy atom. The highest BCUT2D eigenvalue weighted by atomic mass is 16.8. The number of nitrogens with zero attached hydrogens (tertiary/aromatic N) is 4. The molecule has 3 fully saturated rings. The fourth-order valence-corrected chi connectivity index (χ4v) is 9.35. The first kappa shape index (κ1) is 43.5. The fraction of sp³-hybridized carbons (Fsp3) is 0.591. The van der Waals surface area contributed by atoms with E-state index in [1.807, 2.05) is 47.1 Å². The number of hydrogen-bond acceptors (Lipinski definition) is 12. The molecule has 61 heavy (non-hydrogen) atoms. The van der Waals surface area contributed by atoms with Gasteiger partial charge in [-0.3, -0.25) is 14.6 Å². The average Bonchev–Trinajstić information content (AvgIpc) is 3.55. The SMILES string of the molecule is CCOC(=O)OC(C)OC(=O)CCN1CCC(C2CCN(C(=O)[C@@H](Cc3cc(C)c4[nH]c(=O)oc4c3)OC(=O)N3CCC(N4CCc5ccccc5NC4=O)CC3)CC2)CC1. The van der Waals surface area contributed by atoms with E-state index >= 15 is 0 Å². The lowest BCUT2D eigenvalue weighted by atomic mass is 9.78. The highest BCUT2D eigenvalue weighted by Gasteiger charge is 2.37. The van der Waals surface area contributed by atoms with E-state index in [2.05, 4.69) is 15.2 Å². The molecule has 0 spiro atoms. The van der Waals surface area contributed by atoms with Gasteiger partial charge in [0.2, 0.25) is 6.29 Å². The minimum atomic E-state index is -1.09. The number of urea groups is 1. The number of anilines is 1. The van der Waals surface area contributed by atoms with Gasteiger partial charge in [-0.15, -0.1) is 0 Å². The molecule has 4 aliphatic rings. The molecule has 0 radical (unpaired) electrons. The second-order valence-electron chi connectivity index (χ2n) is 16.6. The van der Waals surface area contributed by atoms with Crippen molar-refractivity contribution in [3.8, 4) is 0 Å². The molecule has 330 valence electrons. The maximum Gasteiger partial charge on any atom is 0.511 e. The zero-order valence-corrected chi connectivity index (χ0v) is 35.4. The molecule has 2 atom stereocenters. The Kier molecular flexibility index (Phi) is 14.2. The first-order valence-electron chi connectivity index (χ1n) is 21.7. The third-order valence-corrected chi connectivity index (χ3v) is 12.6. The highest BCUT2D eigenvalue weighted by molar-refractivity contribution is 5.91. The first-order valence-corrected chi connectivity index (χ1v) is 21.7. The van der Waals surface area contributed by atoms with E-state index in [9.17, 15) is 28.8 Å². The molecule has 4 amide bonds. The van der Waals surface area contributed by atoms with Gasteiger partial charge in [0.05, 0.1) is 18.5 Å². The minimum Gasteiger partial charge on any atom is -0.436 e. The molecule has 5 heterocycles. The molecule has 1 unspecified atom stereocenters. The number of aryl methyl sites for hydroxylation is 1. The lowest BCUT2D eigenvalue weighted by Gasteiger charge is -2.41. The van der Waals surface area contributed by atoms with Crippen LogP contribution < -0.4 is 11.1 Å². The Balaban J connectivity index is 0.914. The van der Waals surface area contributed by atoms with Gasteiger partial charge in [-0.2, -0.15) is 0 Å². The number of carbonyl (C=O) groups is 5. The molecule has 7 rings (SSSR count). The number of amides is 4. The number of fused-ring (bicyclic) bond motifs is 2. The molecule has 2 N–H and O–H groups in total. The predicted octanol–water partition coefficient (Wildman–Crippen LogP) is 5.43. The van der Waals surface area contributed by atoms with Gasteiger partial charge in [0.25, 0.3) is 5.91 Å². The summed E-state index contributed by atoms with van der Waals surface area (Å²) in [4.78, 5) is 87.4. The number of para-hydroxylation sites is 1. The van der Waals surface area contributed by atoms with E-state index < -0.39 is 36.4 Å². The molecule has 17 nitrogen and oxygen atoms in total. The standard InChI is InChI=1S/C44H58N6O11/c1-4-57-44(56)59-29(3)58-38(51)16-19-47-17-9-31(10-18-47)32-11-20-48(21-12-32)40(52)37(27-30-25-28(2)39-36(26-30)60-42(54)46-39)61-43(55)49-22-14-34(15-23-49)50-24-13-33-7-5-6-8-35(33)45-41(50)53/h5-8,25-26,29,31-32,34,37H,4,9-24,27H2,1-3H3,(H,45,53)(H,46,54)/t29?,37-/m1/s1. The van der Waals surface area contributed by atoms with Crippen LogP contribution in [0.2, 0.25) is 0 Å². The number of hydrogen-bond donors (Lipinski definition) is 2. The molecule has 3 aromatic rings. The van der Waals surface area contributed by atoms with Gasteiger partial charge in [-0.1, -0.05) is 24.3 Å². The zero-order chi connectivity index (χ0) is 43.0. The highest BCUT2D eigenvalue weighted by Crippen LogP contribution is 2.33. The summed E-state index contributed by atoms with van der Waals surface area (Å²) in [6.07, 6.45) is 2.32. The third kappa shape index (κ3) is 11.0. The minimum absolute atomic E-state index is 0.0338. The largest absolute Gasteiger partial charge is 0.511 e. The molecular formula is C44H58N6O11. The van der Waals surface area contributed by atoms with Crippen LogP contribution in [-0.4, -0.2) is 132 Å². The summed E-state index contributed by atoms with van der Waals surface area (Å²) in [5.41, 5.74) is 4.37. The Morgan fingerprint density at radius 2 is 1.54 bits per heavy atom. The Hall–Kier alpha value is -5.58. The van der Waals surface area contributed by atoms with Crippen LogP contribution in [-0.2, 0) is 41.4 Å². The monoisotopic (exact) mass is 846 g/mol. The summed E-state index contributed by atoms with van der Waals surface area (Å²) in [5.74, 6) is -0.318. The van der Waals surface area contributed by atoms with Crippen LogP contribution in [0.1, 0.15) is 75.5 Å². The second-order valence-corrected chi connectivity index (χ2v) is 16.6. The lowest BCUT2D eigenvalue weighted by molar-refractivity contribution is -0.168. The van der Waals surface area contributed by atoms with Crippen LogP contribution in [0.4, 0.5) is 20.1 Å². The molecule has 2 aromatic carbocycles. The number of benzene rings is 2. The lowest BCUT2D eigenvalue weighted by Crippen LogP contribution is -2.52. The van der Waals surface area contributed by atoms with Gasteiger partial charge < -0.3 is 48.3 Å². The van der Waals surface area contributed by atoms with Crippen LogP contribution in [0.15, 0.2) is 45.6 Å². The van der Waals surface area contributed by atoms with Crippen LogP contribution in [0.3, 0.4) is 0 Å². The van der Waals surface area contributed by atoms with Crippen molar-refractivity contribution < 1.29 is 47.3 Å². The van der Waals surface area contributed by atoms with E-state index in [0.29, 0.717) is 80.6 Å². The number of aromatic amines is 1. The number of rotatable bonds is 12. The average molecular weight is 847 g/mol. The zero-order valence-electron chi connectivity index (χ0n) is 35.4. The molecule has 1 aromatic heterocycles. The van der Waals surface area contributed by atoms with Gasteiger partial charge in [-0.25, -0.2) is 19.2 Å². The van der Waals surface area contributed by atoms with Crippen molar-refractivity contribution in [1.29, 1.82) is 0 Å². The van der Waals surface area contributed by atoms with Gasteiger partial charge in [0.1, 0.15) is 0 Å². The van der Waals surface area contributed by atoms with Crippen molar-refractivity contribution in [1.82, 2.24) is 24.6 Å². The first-order chi connectivity index (χ1) is 29.4. The van der Waals surface area contributed by atoms with Crippen molar-refractivity contribution >= 4 is 46.9 Å². The number of piperidine rings is 3. The summed E-state index contributed by atoms with van der Waals surface area (Å²) < 4.78 is 26.3. The number of likely N-dealkylation sites (tertiary alicyclic amines) is 3. The number of esters is 1.